The van der Waals surface area contributed by atoms with Crippen LogP contribution >= 0.6 is 11.3 Å². The number of aromatic nitrogens is 4. The van der Waals surface area contributed by atoms with E-state index in [0.29, 0.717) is 0 Å². The number of ether oxygens (including phenoxy) is 1. The molecule has 4 aromatic rings. The zero-order chi connectivity index (χ0) is 16.4. The van der Waals surface area contributed by atoms with Crippen molar-refractivity contribution < 1.29 is 4.74 Å². The molecular weight excluding hydrogens is 320 g/mol. The highest BCUT2D eigenvalue weighted by molar-refractivity contribution is 7.16. The fourth-order valence-electron chi connectivity index (χ4n) is 2.60. The smallest absolute Gasteiger partial charge is 0.234 e. The number of rotatable bonds is 5. The SMILES string of the molecule is COc1cccc(-c2nnc3sc(CCc4ccccc4)nn23)c1. The molecule has 0 atom stereocenters. The summed E-state index contributed by atoms with van der Waals surface area (Å²) >= 11 is 1.59. The zero-order valence-corrected chi connectivity index (χ0v) is 14.0. The highest BCUT2D eigenvalue weighted by atomic mass is 32.1. The van der Waals surface area contributed by atoms with Crippen molar-refractivity contribution in [3.63, 3.8) is 0 Å². The first-order valence-corrected chi connectivity index (χ1v) is 8.54. The van der Waals surface area contributed by atoms with E-state index in [-0.39, 0.29) is 0 Å². The summed E-state index contributed by atoms with van der Waals surface area (Å²) in [4.78, 5) is 0.816. The molecular formula is C18H16N4OS. The van der Waals surface area contributed by atoms with Gasteiger partial charge in [-0.25, -0.2) is 0 Å². The lowest BCUT2D eigenvalue weighted by Gasteiger charge is -2.01. The number of aryl methyl sites for hydroxylation is 2. The Hall–Kier alpha value is -2.73. The lowest BCUT2D eigenvalue weighted by molar-refractivity contribution is 0.415. The molecule has 0 spiro atoms. The second-order valence-electron chi connectivity index (χ2n) is 5.43. The number of benzene rings is 2. The van der Waals surface area contributed by atoms with E-state index in [9.17, 15) is 0 Å². The second kappa shape index (κ2) is 6.41. The van der Waals surface area contributed by atoms with Gasteiger partial charge in [-0.1, -0.05) is 53.8 Å². The van der Waals surface area contributed by atoms with Crippen LogP contribution < -0.4 is 4.74 Å². The maximum absolute atomic E-state index is 5.28. The topological polar surface area (TPSA) is 52.3 Å². The molecule has 0 N–H and O–H groups in total. The first-order chi connectivity index (χ1) is 11.8. The molecule has 120 valence electrons. The quantitative estimate of drug-likeness (QED) is 0.558. The molecule has 24 heavy (non-hydrogen) atoms. The third-order valence-corrected chi connectivity index (χ3v) is 4.79. The maximum Gasteiger partial charge on any atom is 0.234 e. The standard InChI is InChI=1S/C18H16N4OS/c1-23-15-9-5-8-14(12-15)17-19-20-18-22(17)21-16(24-18)11-10-13-6-3-2-4-7-13/h2-9,12H,10-11H2,1H3. The molecule has 0 unspecified atom stereocenters. The Kier molecular flexibility index (Phi) is 3.96. The van der Waals surface area contributed by atoms with Crippen molar-refractivity contribution in [2.75, 3.05) is 7.11 Å². The highest BCUT2D eigenvalue weighted by Crippen LogP contribution is 2.25. The number of fused-ring (bicyclic) bond motifs is 1. The van der Waals surface area contributed by atoms with E-state index in [4.69, 9.17) is 4.74 Å². The molecule has 0 aliphatic rings. The Morgan fingerprint density at radius 1 is 1.00 bits per heavy atom. The predicted molar refractivity (Wildman–Crippen MR) is 94.5 cm³/mol. The second-order valence-corrected chi connectivity index (χ2v) is 6.47. The van der Waals surface area contributed by atoms with E-state index in [1.54, 1.807) is 18.4 Å². The Morgan fingerprint density at radius 3 is 2.71 bits per heavy atom. The fraction of sp³-hybridized carbons (Fsp3) is 0.167. The van der Waals surface area contributed by atoms with Gasteiger partial charge >= 0.3 is 0 Å². The molecule has 0 bridgehead atoms. The van der Waals surface area contributed by atoms with Gasteiger partial charge in [0.2, 0.25) is 4.96 Å². The van der Waals surface area contributed by atoms with Gasteiger partial charge < -0.3 is 4.74 Å². The van der Waals surface area contributed by atoms with Crippen LogP contribution in [-0.4, -0.2) is 26.9 Å². The van der Waals surface area contributed by atoms with Gasteiger partial charge in [-0.15, -0.1) is 10.2 Å². The minimum Gasteiger partial charge on any atom is -0.497 e. The van der Waals surface area contributed by atoms with Crippen molar-refractivity contribution >= 4 is 16.3 Å². The van der Waals surface area contributed by atoms with E-state index in [1.807, 2.05) is 34.8 Å². The van der Waals surface area contributed by atoms with Gasteiger partial charge in [0, 0.05) is 12.0 Å². The lowest BCUT2D eigenvalue weighted by atomic mass is 10.1. The van der Waals surface area contributed by atoms with Crippen molar-refractivity contribution in [1.82, 2.24) is 19.8 Å². The lowest BCUT2D eigenvalue weighted by Crippen LogP contribution is -1.95. The van der Waals surface area contributed by atoms with E-state index >= 15 is 0 Å². The summed E-state index contributed by atoms with van der Waals surface area (Å²) in [5.41, 5.74) is 2.26. The molecule has 0 amide bonds. The normalized spacial score (nSPS) is 11.0. The molecule has 0 aliphatic carbocycles. The van der Waals surface area contributed by atoms with Crippen LogP contribution in [0.2, 0.25) is 0 Å². The molecule has 0 saturated heterocycles. The summed E-state index contributed by atoms with van der Waals surface area (Å²) < 4.78 is 7.10. The van der Waals surface area contributed by atoms with E-state index in [1.165, 1.54) is 5.56 Å². The van der Waals surface area contributed by atoms with Crippen molar-refractivity contribution in [2.45, 2.75) is 12.8 Å². The highest BCUT2D eigenvalue weighted by Gasteiger charge is 2.13. The van der Waals surface area contributed by atoms with Gasteiger partial charge in [-0.05, 0) is 24.1 Å². The Labute approximate surface area is 143 Å². The Bertz CT molecular complexity index is 961. The van der Waals surface area contributed by atoms with Crippen LogP contribution in [0.1, 0.15) is 10.6 Å². The van der Waals surface area contributed by atoms with Crippen molar-refractivity contribution in [3.8, 4) is 17.1 Å². The molecule has 6 heteroatoms. The number of methoxy groups -OCH3 is 1. The van der Waals surface area contributed by atoms with Gasteiger partial charge in [0.25, 0.3) is 0 Å². The minimum absolute atomic E-state index is 0.742. The number of nitrogens with zero attached hydrogens (tertiary/aromatic N) is 4. The largest absolute Gasteiger partial charge is 0.497 e. The van der Waals surface area contributed by atoms with Crippen molar-refractivity contribution in [1.29, 1.82) is 0 Å². The van der Waals surface area contributed by atoms with E-state index in [0.717, 1.165) is 39.9 Å². The molecule has 0 aliphatic heterocycles. The van der Waals surface area contributed by atoms with Crippen LogP contribution in [0, 0.1) is 0 Å². The van der Waals surface area contributed by atoms with Crippen LogP contribution in [-0.2, 0) is 12.8 Å². The molecule has 2 aromatic heterocycles. The molecule has 0 radical (unpaired) electrons. The van der Waals surface area contributed by atoms with Gasteiger partial charge in [0.1, 0.15) is 10.8 Å². The van der Waals surface area contributed by atoms with Gasteiger partial charge in [-0.2, -0.15) is 9.61 Å². The summed E-state index contributed by atoms with van der Waals surface area (Å²) in [6.07, 6.45) is 1.87. The molecule has 4 rings (SSSR count). The maximum atomic E-state index is 5.28. The summed E-state index contributed by atoms with van der Waals surface area (Å²) in [6.45, 7) is 0. The van der Waals surface area contributed by atoms with Crippen LogP contribution in [0.15, 0.2) is 54.6 Å². The average Bonchev–Trinajstić information content (AvgIpc) is 3.21. The molecule has 2 aromatic carbocycles. The number of hydrogen-bond donors (Lipinski definition) is 0. The van der Waals surface area contributed by atoms with Gasteiger partial charge in [-0.3, -0.25) is 0 Å². The third kappa shape index (κ3) is 2.88. The van der Waals surface area contributed by atoms with Gasteiger partial charge in [0.05, 0.1) is 7.11 Å². The van der Waals surface area contributed by atoms with Crippen molar-refractivity contribution in [3.05, 3.63) is 65.2 Å². The fourth-order valence-corrected chi connectivity index (χ4v) is 3.43. The predicted octanol–water partition coefficient (Wildman–Crippen LogP) is 3.65. The number of hydrogen-bond acceptors (Lipinski definition) is 5. The molecule has 5 nitrogen and oxygen atoms in total. The Balaban J connectivity index is 1.61. The summed E-state index contributed by atoms with van der Waals surface area (Å²) in [5.74, 6) is 1.54. The summed E-state index contributed by atoms with van der Waals surface area (Å²) in [7, 11) is 1.66. The van der Waals surface area contributed by atoms with Crippen LogP contribution in [0.3, 0.4) is 0 Å². The molecule has 0 fully saturated rings. The molecule has 2 heterocycles. The zero-order valence-electron chi connectivity index (χ0n) is 13.2. The first kappa shape index (κ1) is 14.8. The van der Waals surface area contributed by atoms with E-state index < -0.39 is 0 Å². The summed E-state index contributed by atoms with van der Waals surface area (Å²) in [6, 6.07) is 18.2. The van der Waals surface area contributed by atoms with E-state index in [2.05, 4.69) is 39.6 Å². The third-order valence-electron chi connectivity index (χ3n) is 3.83. The summed E-state index contributed by atoms with van der Waals surface area (Å²) in [5, 5.41) is 14.3. The Morgan fingerprint density at radius 2 is 1.88 bits per heavy atom. The monoisotopic (exact) mass is 336 g/mol. The van der Waals surface area contributed by atoms with Gasteiger partial charge in [0.15, 0.2) is 5.82 Å². The van der Waals surface area contributed by atoms with Crippen LogP contribution in [0.25, 0.3) is 16.3 Å². The van der Waals surface area contributed by atoms with Crippen LogP contribution in [0.5, 0.6) is 5.75 Å². The minimum atomic E-state index is 0.742. The average molecular weight is 336 g/mol. The van der Waals surface area contributed by atoms with Crippen LogP contribution in [0.4, 0.5) is 0 Å². The van der Waals surface area contributed by atoms with Crippen molar-refractivity contribution in [2.24, 2.45) is 0 Å². The molecule has 0 saturated carbocycles. The first-order valence-electron chi connectivity index (χ1n) is 7.73.